The fraction of sp³-hybridized carbons (Fsp3) is 0.0500. The highest BCUT2D eigenvalue weighted by molar-refractivity contribution is 5.78. The van der Waals surface area contributed by atoms with Crippen molar-refractivity contribution in [3.05, 3.63) is 102 Å². The maximum Gasteiger partial charge on any atom is 0.174 e. The van der Waals surface area contributed by atoms with Gasteiger partial charge in [0.05, 0.1) is 0 Å². The second kappa shape index (κ2) is 5.38. The Labute approximate surface area is 133 Å². The molecule has 2 aromatic heterocycles. The van der Waals surface area contributed by atoms with E-state index in [9.17, 15) is 5.11 Å². The van der Waals surface area contributed by atoms with Gasteiger partial charge in [0.1, 0.15) is 11.3 Å². The van der Waals surface area contributed by atoms with Crippen LogP contribution in [0.1, 0.15) is 16.9 Å². The number of pyridine rings is 1. The van der Waals surface area contributed by atoms with Crippen LogP contribution in [0.25, 0.3) is 11.0 Å². The van der Waals surface area contributed by atoms with Crippen LogP contribution in [0.4, 0.5) is 0 Å². The monoisotopic (exact) mass is 301 g/mol. The third-order valence-corrected chi connectivity index (χ3v) is 4.05. The van der Waals surface area contributed by atoms with Crippen molar-refractivity contribution in [2.75, 3.05) is 0 Å². The average molecular weight is 301 g/mol. The van der Waals surface area contributed by atoms with E-state index in [1.54, 1.807) is 12.4 Å². The summed E-state index contributed by atoms with van der Waals surface area (Å²) in [6.45, 7) is 0. The Balaban J connectivity index is 1.99. The summed E-state index contributed by atoms with van der Waals surface area (Å²) in [6.07, 6.45) is 3.35. The normalized spacial score (nSPS) is 13.8. The Kier molecular flexibility index (Phi) is 3.21. The first-order valence-corrected chi connectivity index (χ1v) is 7.46. The topological polar surface area (TPSA) is 46.3 Å². The molecule has 0 aliphatic rings. The van der Waals surface area contributed by atoms with E-state index in [0.29, 0.717) is 11.3 Å². The minimum Gasteiger partial charge on any atom is -0.457 e. The van der Waals surface area contributed by atoms with Crippen molar-refractivity contribution < 1.29 is 9.52 Å². The zero-order chi connectivity index (χ0) is 15.7. The van der Waals surface area contributed by atoms with Crippen molar-refractivity contribution in [3.63, 3.8) is 0 Å². The molecule has 2 aromatic carbocycles. The van der Waals surface area contributed by atoms with Crippen molar-refractivity contribution in [1.29, 1.82) is 0 Å². The maximum absolute atomic E-state index is 11.6. The number of nitrogens with zero attached hydrogens (tertiary/aromatic N) is 1. The molecule has 4 rings (SSSR count). The molecule has 0 radical (unpaired) electrons. The predicted octanol–water partition coefficient (Wildman–Crippen LogP) is 4.11. The van der Waals surface area contributed by atoms with E-state index >= 15 is 0 Å². The summed E-state index contributed by atoms with van der Waals surface area (Å²) in [5, 5.41) is 12.6. The second-order valence-corrected chi connectivity index (χ2v) is 5.47. The van der Waals surface area contributed by atoms with Crippen LogP contribution >= 0.6 is 0 Å². The van der Waals surface area contributed by atoms with Crippen LogP contribution in [0.5, 0.6) is 0 Å². The van der Waals surface area contributed by atoms with Gasteiger partial charge < -0.3 is 9.52 Å². The van der Waals surface area contributed by atoms with Crippen molar-refractivity contribution >= 4 is 11.0 Å². The van der Waals surface area contributed by atoms with Crippen LogP contribution in [0.3, 0.4) is 0 Å². The Morgan fingerprint density at radius 1 is 0.826 bits per heavy atom. The summed E-state index contributed by atoms with van der Waals surface area (Å²) < 4.78 is 5.96. The second-order valence-electron chi connectivity index (χ2n) is 5.47. The first kappa shape index (κ1) is 13.7. The molecule has 0 amide bonds. The molecule has 3 heteroatoms. The number of aliphatic hydroxyl groups is 1. The van der Waals surface area contributed by atoms with Gasteiger partial charge in [-0.2, -0.15) is 0 Å². The molecule has 0 aliphatic carbocycles. The van der Waals surface area contributed by atoms with Crippen molar-refractivity contribution in [1.82, 2.24) is 4.98 Å². The minimum absolute atomic E-state index is 0.484. The lowest BCUT2D eigenvalue weighted by Gasteiger charge is -2.26. The van der Waals surface area contributed by atoms with Crippen LogP contribution in [-0.2, 0) is 5.60 Å². The molecule has 0 spiro atoms. The molecule has 0 aliphatic heterocycles. The number of hydrogen-bond acceptors (Lipinski definition) is 3. The quantitative estimate of drug-likeness (QED) is 0.619. The highest BCUT2D eigenvalue weighted by Crippen LogP contribution is 2.38. The number of hydrogen-bond donors (Lipinski definition) is 1. The standard InChI is InChI=1S/C20H15NO2/c22-20(16-8-2-1-3-9-16,17-10-6-12-21-14-17)19-13-15-7-4-5-11-18(15)23-19/h1-14,22H. The molecular weight excluding hydrogens is 286 g/mol. The number of para-hydroxylation sites is 1. The smallest absolute Gasteiger partial charge is 0.174 e. The summed E-state index contributed by atoms with van der Waals surface area (Å²) >= 11 is 0. The molecular formula is C20H15NO2. The SMILES string of the molecule is OC(c1ccccc1)(c1cccnc1)c1cc2ccccc2o1. The van der Waals surface area contributed by atoms with Crippen LogP contribution in [0.15, 0.2) is 89.6 Å². The van der Waals surface area contributed by atoms with Crippen molar-refractivity contribution in [2.45, 2.75) is 5.60 Å². The molecule has 3 nitrogen and oxygen atoms in total. The molecule has 0 bridgehead atoms. The van der Waals surface area contributed by atoms with Crippen LogP contribution in [0, 0.1) is 0 Å². The molecule has 0 saturated heterocycles. The molecule has 4 aromatic rings. The number of aromatic nitrogens is 1. The highest BCUT2D eigenvalue weighted by Gasteiger charge is 2.37. The molecule has 0 fully saturated rings. The van der Waals surface area contributed by atoms with E-state index in [4.69, 9.17) is 4.42 Å². The Morgan fingerprint density at radius 3 is 2.30 bits per heavy atom. The summed E-state index contributed by atoms with van der Waals surface area (Å²) in [7, 11) is 0. The zero-order valence-corrected chi connectivity index (χ0v) is 12.4. The van der Waals surface area contributed by atoms with E-state index in [1.165, 1.54) is 0 Å². The predicted molar refractivity (Wildman–Crippen MR) is 89.0 cm³/mol. The lowest BCUT2D eigenvalue weighted by atomic mass is 9.85. The van der Waals surface area contributed by atoms with Crippen molar-refractivity contribution in [2.24, 2.45) is 0 Å². The molecule has 0 saturated carbocycles. The van der Waals surface area contributed by atoms with E-state index in [1.807, 2.05) is 72.8 Å². The average Bonchev–Trinajstić information content (AvgIpc) is 3.07. The Hall–Kier alpha value is -2.91. The number of rotatable bonds is 3. The van der Waals surface area contributed by atoms with Gasteiger partial charge in [0.15, 0.2) is 5.60 Å². The van der Waals surface area contributed by atoms with Gasteiger partial charge in [0.25, 0.3) is 0 Å². The molecule has 1 N–H and O–H groups in total. The van der Waals surface area contributed by atoms with E-state index in [-0.39, 0.29) is 0 Å². The largest absolute Gasteiger partial charge is 0.457 e. The summed E-state index contributed by atoms with van der Waals surface area (Å²) in [6, 6.07) is 22.8. The van der Waals surface area contributed by atoms with Gasteiger partial charge in [-0.1, -0.05) is 54.6 Å². The minimum atomic E-state index is -1.38. The summed E-state index contributed by atoms with van der Waals surface area (Å²) in [4.78, 5) is 4.15. The van der Waals surface area contributed by atoms with Crippen LogP contribution in [0.2, 0.25) is 0 Å². The van der Waals surface area contributed by atoms with Gasteiger partial charge in [-0.3, -0.25) is 4.98 Å². The van der Waals surface area contributed by atoms with Crippen LogP contribution in [-0.4, -0.2) is 10.1 Å². The van der Waals surface area contributed by atoms with E-state index < -0.39 is 5.60 Å². The third-order valence-electron chi connectivity index (χ3n) is 4.05. The first-order chi connectivity index (χ1) is 11.3. The fourth-order valence-electron chi connectivity index (χ4n) is 2.87. The molecule has 2 heterocycles. The van der Waals surface area contributed by atoms with Gasteiger partial charge >= 0.3 is 0 Å². The first-order valence-electron chi connectivity index (χ1n) is 7.46. The van der Waals surface area contributed by atoms with Gasteiger partial charge in [-0.15, -0.1) is 0 Å². The van der Waals surface area contributed by atoms with Gasteiger partial charge in [0.2, 0.25) is 0 Å². The zero-order valence-electron chi connectivity index (χ0n) is 12.4. The van der Waals surface area contributed by atoms with Crippen LogP contribution < -0.4 is 0 Å². The van der Waals surface area contributed by atoms with Gasteiger partial charge in [0, 0.05) is 23.3 Å². The Bertz CT molecular complexity index is 857. The highest BCUT2D eigenvalue weighted by atomic mass is 16.4. The maximum atomic E-state index is 11.6. The van der Waals surface area contributed by atoms with E-state index in [2.05, 4.69) is 4.98 Å². The summed E-state index contributed by atoms with van der Waals surface area (Å²) in [5.74, 6) is 0.484. The third kappa shape index (κ3) is 2.22. The van der Waals surface area contributed by atoms with Gasteiger partial charge in [-0.05, 0) is 23.8 Å². The summed E-state index contributed by atoms with van der Waals surface area (Å²) in [5.41, 5.74) is 0.784. The molecule has 112 valence electrons. The molecule has 23 heavy (non-hydrogen) atoms. The van der Waals surface area contributed by atoms with E-state index in [0.717, 1.165) is 16.5 Å². The van der Waals surface area contributed by atoms with Crippen molar-refractivity contribution in [3.8, 4) is 0 Å². The number of furan rings is 1. The van der Waals surface area contributed by atoms with Gasteiger partial charge in [-0.25, -0.2) is 0 Å². The molecule has 1 unspecified atom stereocenters. The Morgan fingerprint density at radius 2 is 1.57 bits per heavy atom. The lowest BCUT2D eigenvalue weighted by Crippen LogP contribution is -2.28. The number of benzene rings is 2. The number of fused-ring (bicyclic) bond motifs is 1. The molecule has 1 atom stereocenters. The fourth-order valence-corrected chi connectivity index (χ4v) is 2.87. The lowest BCUT2D eigenvalue weighted by molar-refractivity contribution is 0.101.